The highest BCUT2D eigenvalue weighted by molar-refractivity contribution is 6.30. The van der Waals surface area contributed by atoms with Crippen LogP contribution >= 0.6 is 11.6 Å². The molecule has 88 valence electrons. The van der Waals surface area contributed by atoms with E-state index in [1.54, 1.807) is 18.5 Å². The minimum atomic E-state index is 0.533. The number of pyridine rings is 1. The molecule has 0 bridgehead atoms. The summed E-state index contributed by atoms with van der Waals surface area (Å²) in [7, 11) is 0. The van der Waals surface area contributed by atoms with Gasteiger partial charge < -0.3 is 10.5 Å². The molecule has 17 heavy (non-hydrogen) atoms. The van der Waals surface area contributed by atoms with Crippen LogP contribution in [-0.4, -0.2) is 4.98 Å². The van der Waals surface area contributed by atoms with E-state index in [0.717, 1.165) is 16.9 Å². The van der Waals surface area contributed by atoms with E-state index in [1.165, 1.54) is 0 Å². The first-order chi connectivity index (χ1) is 8.19. The predicted molar refractivity (Wildman–Crippen MR) is 68.4 cm³/mol. The van der Waals surface area contributed by atoms with Crippen molar-refractivity contribution >= 4 is 11.6 Å². The van der Waals surface area contributed by atoms with Crippen molar-refractivity contribution in [3.8, 4) is 11.5 Å². The van der Waals surface area contributed by atoms with Crippen LogP contribution in [0, 0.1) is 6.92 Å². The molecule has 3 nitrogen and oxygen atoms in total. The molecule has 0 saturated carbocycles. The number of benzene rings is 1. The Hall–Kier alpha value is -1.58. The molecule has 2 rings (SSSR count). The van der Waals surface area contributed by atoms with E-state index in [2.05, 4.69) is 4.98 Å². The van der Waals surface area contributed by atoms with Crippen LogP contribution in [-0.2, 0) is 6.54 Å². The highest BCUT2D eigenvalue weighted by Gasteiger charge is 2.02. The normalized spacial score (nSPS) is 10.3. The largest absolute Gasteiger partial charge is 0.456 e. The summed E-state index contributed by atoms with van der Waals surface area (Å²) in [5, 5.41) is 0.554. The summed E-state index contributed by atoms with van der Waals surface area (Å²) in [6.07, 6.45) is 3.19. The van der Waals surface area contributed by atoms with E-state index in [-0.39, 0.29) is 0 Å². The predicted octanol–water partition coefficient (Wildman–Crippen LogP) is 3.29. The van der Waals surface area contributed by atoms with Crippen molar-refractivity contribution in [3.63, 3.8) is 0 Å². The summed E-state index contributed by atoms with van der Waals surface area (Å²) in [5.74, 6) is 1.38. The Morgan fingerprint density at radius 3 is 2.71 bits per heavy atom. The molecule has 0 radical (unpaired) electrons. The third-order valence-electron chi connectivity index (χ3n) is 2.45. The van der Waals surface area contributed by atoms with Crippen LogP contribution in [0.5, 0.6) is 11.5 Å². The summed E-state index contributed by atoms with van der Waals surface area (Å²) in [4.78, 5) is 3.96. The minimum absolute atomic E-state index is 0.533. The molecule has 0 amide bonds. The molecule has 0 spiro atoms. The molecule has 2 N–H and O–H groups in total. The van der Waals surface area contributed by atoms with E-state index >= 15 is 0 Å². The van der Waals surface area contributed by atoms with Gasteiger partial charge in [-0.25, -0.2) is 0 Å². The number of halogens is 1. The number of aryl methyl sites for hydroxylation is 1. The van der Waals surface area contributed by atoms with Crippen LogP contribution in [0.1, 0.15) is 11.1 Å². The van der Waals surface area contributed by atoms with Gasteiger partial charge in [0.1, 0.15) is 11.5 Å². The van der Waals surface area contributed by atoms with Crippen molar-refractivity contribution in [2.45, 2.75) is 13.5 Å². The second kappa shape index (κ2) is 5.17. The lowest BCUT2D eigenvalue weighted by Crippen LogP contribution is -1.98. The molecule has 0 aliphatic rings. The van der Waals surface area contributed by atoms with Crippen LogP contribution in [0.4, 0.5) is 0 Å². The van der Waals surface area contributed by atoms with Crippen LogP contribution in [0.15, 0.2) is 36.7 Å². The topological polar surface area (TPSA) is 48.1 Å². The Morgan fingerprint density at radius 1 is 1.24 bits per heavy atom. The minimum Gasteiger partial charge on any atom is -0.456 e. The van der Waals surface area contributed by atoms with E-state index in [4.69, 9.17) is 22.1 Å². The Morgan fingerprint density at radius 2 is 2.06 bits per heavy atom. The second-order valence-electron chi connectivity index (χ2n) is 3.73. The first-order valence-corrected chi connectivity index (χ1v) is 5.65. The fraction of sp³-hybridized carbons (Fsp3) is 0.154. The number of rotatable bonds is 3. The first kappa shape index (κ1) is 11.9. The number of hydrogen-bond acceptors (Lipinski definition) is 3. The first-order valence-electron chi connectivity index (χ1n) is 5.27. The van der Waals surface area contributed by atoms with Crippen molar-refractivity contribution < 1.29 is 4.74 Å². The fourth-order valence-corrected chi connectivity index (χ4v) is 1.71. The second-order valence-corrected chi connectivity index (χ2v) is 4.17. The fourth-order valence-electron chi connectivity index (χ4n) is 1.55. The molecule has 0 fully saturated rings. The van der Waals surface area contributed by atoms with E-state index in [1.807, 2.05) is 25.1 Å². The summed E-state index contributed by atoms with van der Waals surface area (Å²) in [5.41, 5.74) is 7.83. The molecule has 1 aromatic carbocycles. The SMILES string of the molecule is Cc1cc(Oc2cncc(Cl)c2)ccc1CN. The van der Waals surface area contributed by atoms with Gasteiger partial charge in [0.05, 0.1) is 11.2 Å². The lowest BCUT2D eigenvalue weighted by atomic mass is 10.1. The maximum Gasteiger partial charge on any atom is 0.147 e. The van der Waals surface area contributed by atoms with E-state index < -0.39 is 0 Å². The molecule has 1 aromatic heterocycles. The van der Waals surface area contributed by atoms with Crippen LogP contribution in [0.25, 0.3) is 0 Å². The lowest BCUT2D eigenvalue weighted by Gasteiger charge is -2.08. The average molecular weight is 249 g/mol. The molecule has 0 aliphatic carbocycles. The number of aromatic nitrogens is 1. The Kier molecular flexibility index (Phi) is 3.61. The Labute approximate surface area is 105 Å². The van der Waals surface area contributed by atoms with Gasteiger partial charge in [0, 0.05) is 18.8 Å². The summed E-state index contributed by atoms with van der Waals surface area (Å²) >= 11 is 5.83. The van der Waals surface area contributed by atoms with Gasteiger partial charge in [-0.05, 0) is 30.2 Å². The van der Waals surface area contributed by atoms with Gasteiger partial charge in [-0.1, -0.05) is 17.7 Å². The van der Waals surface area contributed by atoms with Crippen LogP contribution in [0.3, 0.4) is 0 Å². The van der Waals surface area contributed by atoms with E-state index in [0.29, 0.717) is 17.3 Å². The highest BCUT2D eigenvalue weighted by Crippen LogP contribution is 2.24. The maximum atomic E-state index is 5.83. The smallest absolute Gasteiger partial charge is 0.147 e. The summed E-state index contributed by atoms with van der Waals surface area (Å²) in [6, 6.07) is 7.52. The third kappa shape index (κ3) is 2.96. The monoisotopic (exact) mass is 248 g/mol. The Bertz CT molecular complexity index is 529. The molecule has 4 heteroatoms. The summed E-state index contributed by atoms with van der Waals surface area (Å²) in [6.45, 7) is 2.54. The van der Waals surface area contributed by atoms with Crippen molar-refractivity contribution in [1.29, 1.82) is 0 Å². The van der Waals surface area contributed by atoms with Gasteiger partial charge in [0.25, 0.3) is 0 Å². The number of nitrogens with two attached hydrogens (primary N) is 1. The third-order valence-corrected chi connectivity index (χ3v) is 2.66. The van der Waals surface area contributed by atoms with Gasteiger partial charge in [-0.15, -0.1) is 0 Å². The molecule has 0 unspecified atom stereocenters. The van der Waals surface area contributed by atoms with Gasteiger partial charge in [0.2, 0.25) is 0 Å². The average Bonchev–Trinajstić information content (AvgIpc) is 2.29. The maximum absolute atomic E-state index is 5.83. The number of ether oxygens (including phenoxy) is 1. The molecular formula is C13H13ClN2O. The molecule has 0 atom stereocenters. The van der Waals surface area contributed by atoms with Gasteiger partial charge >= 0.3 is 0 Å². The molecule has 1 heterocycles. The zero-order valence-electron chi connectivity index (χ0n) is 9.48. The molecule has 0 aliphatic heterocycles. The number of nitrogens with zero attached hydrogens (tertiary/aromatic N) is 1. The van der Waals surface area contributed by atoms with Crippen molar-refractivity contribution in [2.24, 2.45) is 5.73 Å². The molecule has 0 saturated heterocycles. The van der Waals surface area contributed by atoms with Crippen LogP contribution in [0.2, 0.25) is 5.02 Å². The molecular weight excluding hydrogens is 236 g/mol. The standard InChI is InChI=1S/C13H13ClN2O/c1-9-4-12(3-2-10(9)6-15)17-13-5-11(14)7-16-8-13/h2-5,7-8H,6,15H2,1H3. The number of hydrogen-bond donors (Lipinski definition) is 1. The van der Waals surface area contributed by atoms with Gasteiger partial charge in [-0.2, -0.15) is 0 Å². The Balaban J connectivity index is 2.22. The van der Waals surface area contributed by atoms with Gasteiger partial charge in [0.15, 0.2) is 0 Å². The van der Waals surface area contributed by atoms with Crippen molar-refractivity contribution in [2.75, 3.05) is 0 Å². The van der Waals surface area contributed by atoms with E-state index in [9.17, 15) is 0 Å². The summed E-state index contributed by atoms with van der Waals surface area (Å²) < 4.78 is 5.65. The quantitative estimate of drug-likeness (QED) is 0.907. The highest BCUT2D eigenvalue weighted by atomic mass is 35.5. The van der Waals surface area contributed by atoms with Gasteiger partial charge in [-0.3, -0.25) is 4.98 Å². The van der Waals surface area contributed by atoms with Crippen molar-refractivity contribution in [3.05, 3.63) is 52.8 Å². The lowest BCUT2D eigenvalue weighted by molar-refractivity contribution is 0.479. The zero-order chi connectivity index (χ0) is 12.3. The molecule has 2 aromatic rings. The zero-order valence-corrected chi connectivity index (χ0v) is 10.2. The van der Waals surface area contributed by atoms with Crippen molar-refractivity contribution in [1.82, 2.24) is 4.98 Å². The van der Waals surface area contributed by atoms with Crippen LogP contribution < -0.4 is 10.5 Å².